The second-order valence-electron chi connectivity index (χ2n) is 7.07. The fourth-order valence-corrected chi connectivity index (χ4v) is 4.94. The molecule has 0 saturated heterocycles. The van der Waals surface area contributed by atoms with Crippen LogP contribution in [0.3, 0.4) is 0 Å². The van der Waals surface area contributed by atoms with E-state index in [1.807, 2.05) is 0 Å². The monoisotopic (exact) mass is 480 g/mol. The molecule has 1 unspecified atom stereocenters. The smallest absolute Gasteiger partial charge is 0.378 e. The highest BCUT2D eigenvalue weighted by atomic mass is 32.2. The predicted molar refractivity (Wildman–Crippen MR) is 97.2 cm³/mol. The molecule has 0 aromatic heterocycles. The van der Waals surface area contributed by atoms with Crippen LogP contribution >= 0.6 is 0 Å². The maximum Gasteiger partial charge on any atom is 0.447 e. The largest absolute Gasteiger partial charge is 0.447 e. The highest BCUT2D eigenvalue weighted by Crippen LogP contribution is 2.50. The van der Waals surface area contributed by atoms with Crippen molar-refractivity contribution in [2.75, 3.05) is 7.11 Å². The molecule has 30 heavy (non-hydrogen) atoms. The van der Waals surface area contributed by atoms with Gasteiger partial charge in [0.1, 0.15) is 5.75 Å². The van der Waals surface area contributed by atoms with Gasteiger partial charge in [0.2, 0.25) is 0 Å². The van der Waals surface area contributed by atoms with Gasteiger partial charge < -0.3 is 4.18 Å². The third kappa shape index (κ3) is 4.15. The standard InChI is InChI=1S/C17H21F5O6S2/c1-15(18,29(23,24)27-2)16(19,20)17(21,22)30(25,26)28-14-10-8-13(9-11-14)12-6-4-3-5-7-12/h8-12H,3-7H2,1-2H3. The Hall–Kier alpha value is -1.47. The van der Waals surface area contributed by atoms with Crippen LogP contribution in [0.15, 0.2) is 24.3 Å². The van der Waals surface area contributed by atoms with Crippen LogP contribution in [0.2, 0.25) is 0 Å². The summed E-state index contributed by atoms with van der Waals surface area (Å²) in [5, 5.41) is -11.3. The normalized spacial score (nSPS) is 19.3. The molecule has 0 spiro atoms. The third-order valence-electron chi connectivity index (χ3n) is 5.09. The topological polar surface area (TPSA) is 86.7 Å². The van der Waals surface area contributed by atoms with Crippen molar-refractivity contribution in [2.24, 2.45) is 0 Å². The molecule has 13 heteroatoms. The van der Waals surface area contributed by atoms with E-state index in [2.05, 4.69) is 8.37 Å². The molecule has 172 valence electrons. The first-order valence-electron chi connectivity index (χ1n) is 8.89. The second-order valence-corrected chi connectivity index (χ2v) is 10.7. The van der Waals surface area contributed by atoms with E-state index in [4.69, 9.17) is 0 Å². The maximum absolute atomic E-state index is 14.2. The summed E-state index contributed by atoms with van der Waals surface area (Å²) in [6, 6.07) is 4.87. The number of hydrogen-bond donors (Lipinski definition) is 0. The lowest BCUT2D eigenvalue weighted by molar-refractivity contribution is -0.207. The van der Waals surface area contributed by atoms with E-state index in [9.17, 15) is 38.8 Å². The van der Waals surface area contributed by atoms with Gasteiger partial charge in [-0.05, 0) is 43.4 Å². The lowest BCUT2D eigenvalue weighted by Crippen LogP contribution is -2.62. The molecule has 1 fully saturated rings. The van der Waals surface area contributed by atoms with Gasteiger partial charge in [0.25, 0.3) is 0 Å². The van der Waals surface area contributed by atoms with Gasteiger partial charge in [0.05, 0.1) is 7.11 Å². The Morgan fingerprint density at radius 1 is 0.867 bits per heavy atom. The second kappa shape index (κ2) is 8.23. The zero-order valence-electron chi connectivity index (χ0n) is 16.1. The molecule has 1 aliphatic rings. The molecular weight excluding hydrogens is 459 g/mol. The van der Waals surface area contributed by atoms with Crippen molar-refractivity contribution in [3.63, 3.8) is 0 Å². The Labute approximate surface area is 171 Å². The fraction of sp³-hybridized carbons (Fsp3) is 0.647. The van der Waals surface area contributed by atoms with Crippen LogP contribution in [-0.2, 0) is 24.4 Å². The Bertz CT molecular complexity index is 953. The first-order chi connectivity index (χ1) is 13.6. The summed E-state index contributed by atoms with van der Waals surface area (Å²) >= 11 is 0. The summed E-state index contributed by atoms with van der Waals surface area (Å²) in [6.07, 6.45) is 4.89. The molecule has 1 aromatic rings. The Balaban J connectivity index is 2.30. The molecule has 6 nitrogen and oxygen atoms in total. The van der Waals surface area contributed by atoms with E-state index in [0.717, 1.165) is 49.8 Å². The minimum Gasteiger partial charge on any atom is -0.378 e. The van der Waals surface area contributed by atoms with E-state index in [1.54, 1.807) is 0 Å². The minimum absolute atomic E-state index is 0.196. The van der Waals surface area contributed by atoms with Crippen molar-refractivity contribution < 1.29 is 47.2 Å². The molecule has 0 bridgehead atoms. The lowest BCUT2D eigenvalue weighted by atomic mass is 9.84. The van der Waals surface area contributed by atoms with Gasteiger partial charge in [0, 0.05) is 0 Å². The van der Waals surface area contributed by atoms with Crippen LogP contribution in [-0.4, -0.2) is 40.1 Å². The third-order valence-corrected chi connectivity index (χ3v) is 8.02. The van der Waals surface area contributed by atoms with Crippen molar-refractivity contribution >= 4 is 20.2 Å². The van der Waals surface area contributed by atoms with E-state index in [-0.39, 0.29) is 13.0 Å². The lowest BCUT2D eigenvalue weighted by Gasteiger charge is -2.33. The van der Waals surface area contributed by atoms with Gasteiger partial charge in [0.15, 0.2) is 0 Å². The first-order valence-corrected chi connectivity index (χ1v) is 11.7. The molecule has 2 rings (SSSR count). The van der Waals surface area contributed by atoms with Gasteiger partial charge in [-0.1, -0.05) is 31.4 Å². The van der Waals surface area contributed by atoms with E-state index >= 15 is 0 Å². The van der Waals surface area contributed by atoms with Gasteiger partial charge >= 0.3 is 36.4 Å². The van der Waals surface area contributed by atoms with Crippen LogP contribution in [0.1, 0.15) is 50.5 Å². The molecular formula is C17H21F5O6S2. The van der Waals surface area contributed by atoms with Crippen molar-refractivity contribution in [2.45, 2.75) is 61.1 Å². The molecule has 0 amide bonds. The van der Waals surface area contributed by atoms with Crippen LogP contribution in [0.5, 0.6) is 5.75 Å². The Morgan fingerprint density at radius 3 is 1.83 bits per heavy atom. The average Bonchev–Trinajstić information content (AvgIpc) is 2.68. The summed E-state index contributed by atoms with van der Waals surface area (Å²) < 4.78 is 125. The van der Waals surface area contributed by atoms with Crippen molar-refractivity contribution in [3.8, 4) is 5.75 Å². The summed E-state index contributed by atoms with van der Waals surface area (Å²) in [5.41, 5.74) is 0.805. The van der Waals surface area contributed by atoms with Crippen LogP contribution in [0.4, 0.5) is 22.0 Å². The van der Waals surface area contributed by atoms with Crippen LogP contribution < -0.4 is 4.18 Å². The van der Waals surface area contributed by atoms with Crippen molar-refractivity contribution in [3.05, 3.63) is 29.8 Å². The summed E-state index contributed by atoms with van der Waals surface area (Å²) in [6.45, 7) is -0.422. The van der Waals surface area contributed by atoms with Gasteiger partial charge in [-0.25, -0.2) is 4.39 Å². The molecule has 0 aliphatic heterocycles. The summed E-state index contributed by atoms with van der Waals surface area (Å²) in [4.78, 5) is 0. The highest BCUT2D eigenvalue weighted by molar-refractivity contribution is 7.89. The number of benzene rings is 1. The van der Waals surface area contributed by atoms with Gasteiger partial charge in [-0.15, -0.1) is 0 Å². The SMILES string of the molecule is COS(=O)(=O)C(C)(F)C(F)(F)C(F)(F)S(=O)(=O)Oc1ccc(C2CCCCC2)cc1. The average molecular weight is 480 g/mol. The molecule has 0 heterocycles. The maximum atomic E-state index is 14.2. The predicted octanol–water partition coefficient (Wildman–Crippen LogP) is 4.33. The summed E-state index contributed by atoms with van der Waals surface area (Å²) in [7, 11) is -12.1. The van der Waals surface area contributed by atoms with E-state index < -0.39 is 49.1 Å². The molecule has 1 atom stereocenters. The quantitative estimate of drug-likeness (QED) is 0.407. The number of rotatable bonds is 8. The minimum atomic E-state index is -6.50. The van der Waals surface area contributed by atoms with E-state index in [1.165, 1.54) is 12.1 Å². The fourth-order valence-electron chi connectivity index (χ4n) is 3.14. The highest BCUT2D eigenvalue weighted by Gasteiger charge is 2.80. The summed E-state index contributed by atoms with van der Waals surface area (Å²) in [5.74, 6) is -6.75. The number of hydrogen-bond acceptors (Lipinski definition) is 6. The molecule has 1 saturated carbocycles. The molecule has 1 aromatic carbocycles. The van der Waals surface area contributed by atoms with E-state index in [0.29, 0.717) is 0 Å². The zero-order valence-corrected chi connectivity index (χ0v) is 17.7. The van der Waals surface area contributed by atoms with Gasteiger partial charge in [-0.3, -0.25) is 4.18 Å². The molecule has 1 aliphatic carbocycles. The van der Waals surface area contributed by atoms with Gasteiger partial charge in [-0.2, -0.15) is 34.4 Å². The van der Waals surface area contributed by atoms with Crippen molar-refractivity contribution in [1.82, 2.24) is 0 Å². The van der Waals surface area contributed by atoms with Crippen LogP contribution in [0.25, 0.3) is 0 Å². The number of halogens is 5. The van der Waals surface area contributed by atoms with Crippen molar-refractivity contribution in [1.29, 1.82) is 0 Å². The molecule has 0 N–H and O–H groups in total. The Morgan fingerprint density at radius 2 is 1.37 bits per heavy atom. The zero-order chi connectivity index (χ0) is 23.0. The molecule has 0 radical (unpaired) electrons. The first kappa shape index (κ1) is 24.8. The number of alkyl halides is 5. The Kier molecular flexibility index (Phi) is 6.80. The van der Waals surface area contributed by atoms with Crippen LogP contribution in [0, 0.1) is 0 Å².